The van der Waals surface area contributed by atoms with Gasteiger partial charge in [-0.3, -0.25) is 9.36 Å². The van der Waals surface area contributed by atoms with E-state index >= 15 is 0 Å². The molecule has 6 heteroatoms. The summed E-state index contributed by atoms with van der Waals surface area (Å²) in [6.07, 6.45) is 1.89. The lowest BCUT2D eigenvalue weighted by Crippen LogP contribution is -2.42. The second-order valence-corrected chi connectivity index (χ2v) is 8.50. The molecule has 4 aromatic rings. The van der Waals surface area contributed by atoms with Crippen LogP contribution in [-0.2, 0) is 0 Å². The van der Waals surface area contributed by atoms with E-state index in [4.69, 9.17) is 10.2 Å². The van der Waals surface area contributed by atoms with Gasteiger partial charge in [0, 0.05) is 22.9 Å². The molecule has 0 saturated carbocycles. The maximum Gasteiger partial charge on any atom is 0.251 e. The van der Waals surface area contributed by atoms with Crippen LogP contribution in [0.4, 0.5) is 0 Å². The summed E-state index contributed by atoms with van der Waals surface area (Å²) in [4.78, 5) is 17.8. The quantitative estimate of drug-likeness (QED) is 0.499. The van der Waals surface area contributed by atoms with Crippen molar-refractivity contribution in [2.45, 2.75) is 25.8 Å². The van der Waals surface area contributed by atoms with Crippen LogP contribution in [0.3, 0.4) is 0 Å². The number of hydrogen-bond acceptors (Lipinski definition) is 4. The number of nitrogens with one attached hydrogen (secondary N) is 2. The van der Waals surface area contributed by atoms with Crippen molar-refractivity contribution in [2.24, 2.45) is 0 Å². The fraction of sp³-hybridized carbons (Fsp3) is 0.222. The number of carbonyl (C=O) groups is 1. The number of nitriles is 1. The molecule has 2 heterocycles. The van der Waals surface area contributed by atoms with Gasteiger partial charge >= 0.3 is 0 Å². The second-order valence-electron chi connectivity index (χ2n) is 8.50. The number of nitrogens with zero attached hydrogens (tertiary/aromatic N) is 3. The lowest BCUT2D eigenvalue weighted by molar-refractivity contribution is 0.0929. The van der Waals surface area contributed by atoms with E-state index in [1.54, 1.807) is 12.1 Å². The third-order valence-electron chi connectivity index (χ3n) is 6.16. The Hall–Kier alpha value is -3.95. The Morgan fingerprint density at radius 3 is 2.48 bits per heavy atom. The van der Waals surface area contributed by atoms with Gasteiger partial charge < -0.3 is 10.6 Å². The van der Waals surface area contributed by atoms with Crippen LogP contribution >= 0.6 is 0 Å². The lowest BCUT2D eigenvalue weighted by atomic mass is 10.1. The number of amides is 1. The van der Waals surface area contributed by atoms with Crippen molar-refractivity contribution < 1.29 is 4.79 Å². The second kappa shape index (κ2) is 8.89. The molecule has 0 radical (unpaired) electrons. The standard InChI is InChI=1S/C27H25N5O/c1-18-2-9-23(10-3-18)32-25-11-8-21(27(33)30-22-12-14-29-15-13-22)16-24(25)31-26(32)20-6-4-19(17-28)5-7-20/h2-11,16,22,29H,12-15H2,1H3,(H,30,33). The number of rotatable bonds is 4. The molecular weight excluding hydrogens is 410 g/mol. The summed E-state index contributed by atoms with van der Waals surface area (Å²) in [5, 5.41) is 15.6. The molecule has 5 rings (SSSR count). The van der Waals surface area contributed by atoms with Gasteiger partial charge in [0.2, 0.25) is 0 Å². The number of piperidine rings is 1. The summed E-state index contributed by atoms with van der Waals surface area (Å²) in [5.41, 5.74) is 5.99. The monoisotopic (exact) mass is 435 g/mol. The topological polar surface area (TPSA) is 82.7 Å². The van der Waals surface area contributed by atoms with Crippen LogP contribution in [0.15, 0.2) is 66.7 Å². The van der Waals surface area contributed by atoms with Crippen LogP contribution < -0.4 is 10.6 Å². The molecule has 1 fully saturated rings. The van der Waals surface area contributed by atoms with Gasteiger partial charge in [0.05, 0.1) is 22.7 Å². The van der Waals surface area contributed by atoms with Crippen molar-refractivity contribution in [3.8, 4) is 23.1 Å². The Morgan fingerprint density at radius 1 is 1.06 bits per heavy atom. The molecule has 0 spiro atoms. The first kappa shape index (κ1) is 20.9. The first-order valence-electron chi connectivity index (χ1n) is 11.2. The number of hydrogen-bond donors (Lipinski definition) is 2. The summed E-state index contributed by atoms with van der Waals surface area (Å²) in [7, 11) is 0. The zero-order chi connectivity index (χ0) is 22.8. The van der Waals surface area contributed by atoms with Crippen molar-refractivity contribution in [3.05, 3.63) is 83.4 Å². The Morgan fingerprint density at radius 2 is 1.79 bits per heavy atom. The molecular formula is C27H25N5O. The molecule has 3 aromatic carbocycles. The summed E-state index contributed by atoms with van der Waals surface area (Å²) in [5.74, 6) is 0.711. The molecule has 0 bridgehead atoms. The SMILES string of the molecule is Cc1ccc(-n2c(-c3ccc(C#N)cc3)nc3cc(C(=O)NC4CCNCC4)ccc32)cc1. The van der Waals surface area contributed by atoms with Crippen LogP contribution in [0.25, 0.3) is 28.1 Å². The highest BCUT2D eigenvalue weighted by atomic mass is 16.1. The Labute approximate surface area is 192 Å². The highest BCUT2D eigenvalue weighted by Gasteiger charge is 2.19. The molecule has 6 nitrogen and oxygen atoms in total. The molecule has 1 aromatic heterocycles. The molecule has 0 aliphatic carbocycles. The van der Waals surface area contributed by atoms with E-state index in [0.29, 0.717) is 11.1 Å². The van der Waals surface area contributed by atoms with Crippen LogP contribution in [0.1, 0.15) is 34.3 Å². The van der Waals surface area contributed by atoms with E-state index in [0.717, 1.165) is 54.0 Å². The van der Waals surface area contributed by atoms with Gasteiger partial charge in [-0.1, -0.05) is 17.7 Å². The Balaban J connectivity index is 1.58. The van der Waals surface area contributed by atoms with Crippen molar-refractivity contribution in [2.75, 3.05) is 13.1 Å². The van der Waals surface area contributed by atoms with Gasteiger partial charge in [-0.15, -0.1) is 0 Å². The van der Waals surface area contributed by atoms with E-state index < -0.39 is 0 Å². The molecule has 164 valence electrons. The van der Waals surface area contributed by atoms with Crippen LogP contribution in [0.2, 0.25) is 0 Å². The average Bonchev–Trinajstić information content (AvgIpc) is 3.24. The van der Waals surface area contributed by atoms with E-state index in [-0.39, 0.29) is 11.9 Å². The number of imidazole rings is 1. The van der Waals surface area contributed by atoms with Crippen LogP contribution in [0.5, 0.6) is 0 Å². The average molecular weight is 436 g/mol. The maximum absolute atomic E-state index is 12.9. The van der Waals surface area contributed by atoms with E-state index in [2.05, 4.69) is 52.5 Å². The predicted octanol–water partition coefficient (Wildman–Crippen LogP) is 4.35. The van der Waals surface area contributed by atoms with Crippen molar-refractivity contribution in [1.29, 1.82) is 5.26 Å². The zero-order valence-electron chi connectivity index (χ0n) is 18.5. The number of aromatic nitrogens is 2. The molecule has 33 heavy (non-hydrogen) atoms. The number of carbonyl (C=O) groups excluding carboxylic acids is 1. The largest absolute Gasteiger partial charge is 0.349 e. The number of fused-ring (bicyclic) bond motifs is 1. The van der Waals surface area contributed by atoms with Gasteiger partial charge in [-0.05, 0) is 87.5 Å². The normalized spacial score (nSPS) is 14.2. The molecule has 2 N–H and O–H groups in total. The predicted molar refractivity (Wildman–Crippen MR) is 129 cm³/mol. The fourth-order valence-corrected chi connectivity index (χ4v) is 4.30. The summed E-state index contributed by atoms with van der Waals surface area (Å²) >= 11 is 0. The van der Waals surface area contributed by atoms with Crippen molar-refractivity contribution in [3.63, 3.8) is 0 Å². The molecule has 1 saturated heterocycles. The minimum Gasteiger partial charge on any atom is -0.349 e. The van der Waals surface area contributed by atoms with Gasteiger partial charge in [0.15, 0.2) is 0 Å². The van der Waals surface area contributed by atoms with Gasteiger partial charge in [-0.2, -0.15) is 5.26 Å². The molecule has 0 atom stereocenters. The molecule has 1 aliphatic heterocycles. The first-order valence-corrected chi connectivity index (χ1v) is 11.2. The highest BCUT2D eigenvalue weighted by molar-refractivity contribution is 5.98. The van der Waals surface area contributed by atoms with Crippen molar-refractivity contribution in [1.82, 2.24) is 20.2 Å². The summed E-state index contributed by atoms with van der Waals surface area (Å²) in [6, 6.07) is 23.8. The molecule has 1 aliphatic rings. The number of aryl methyl sites for hydroxylation is 1. The minimum atomic E-state index is -0.0615. The highest BCUT2D eigenvalue weighted by Crippen LogP contribution is 2.29. The Bertz CT molecular complexity index is 1340. The first-order chi connectivity index (χ1) is 16.1. The third-order valence-corrected chi connectivity index (χ3v) is 6.16. The van der Waals surface area contributed by atoms with E-state index in [9.17, 15) is 4.79 Å². The van der Waals surface area contributed by atoms with E-state index in [1.807, 2.05) is 30.3 Å². The number of benzene rings is 3. The minimum absolute atomic E-state index is 0.0615. The van der Waals surface area contributed by atoms with Crippen molar-refractivity contribution >= 4 is 16.9 Å². The van der Waals surface area contributed by atoms with Gasteiger partial charge in [0.1, 0.15) is 5.82 Å². The summed E-state index contributed by atoms with van der Waals surface area (Å²) in [6.45, 7) is 3.92. The van der Waals surface area contributed by atoms with Gasteiger partial charge in [0.25, 0.3) is 5.91 Å². The van der Waals surface area contributed by atoms with Gasteiger partial charge in [-0.25, -0.2) is 4.98 Å². The van der Waals surface area contributed by atoms with E-state index in [1.165, 1.54) is 5.56 Å². The molecule has 0 unspecified atom stereocenters. The summed E-state index contributed by atoms with van der Waals surface area (Å²) < 4.78 is 2.10. The molecule has 1 amide bonds. The van der Waals surface area contributed by atoms with Crippen LogP contribution in [0, 0.1) is 18.3 Å². The fourth-order valence-electron chi connectivity index (χ4n) is 4.30. The maximum atomic E-state index is 12.9. The third kappa shape index (κ3) is 4.23. The Kier molecular flexibility index (Phi) is 5.64. The smallest absolute Gasteiger partial charge is 0.251 e. The van der Waals surface area contributed by atoms with Crippen LogP contribution in [-0.4, -0.2) is 34.6 Å². The zero-order valence-corrected chi connectivity index (χ0v) is 18.5. The lowest BCUT2D eigenvalue weighted by Gasteiger charge is -2.23.